The van der Waals surface area contributed by atoms with Crippen molar-refractivity contribution in [1.82, 2.24) is 5.43 Å². The first kappa shape index (κ1) is 12.4. The van der Waals surface area contributed by atoms with Crippen molar-refractivity contribution in [3.63, 3.8) is 0 Å². The Morgan fingerprint density at radius 2 is 2.05 bits per heavy atom. The van der Waals surface area contributed by atoms with Crippen LogP contribution in [0.4, 0.5) is 11.4 Å². The van der Waals surface area contributed by atoms with Gasteiger partial charge in [0.05, 0.1) is 9.71 Å². The van der Waals surface area contributed by atoms with E-state index in [4.69, 9.17) is 0 Å². The van der Waals surface area contributed by atoms with E-state index in [1.54, 1.807) is 6.92 Å². The zero-order valence-electron chi connectivity index (χ0n) is 9.71. The SMILES string of the molecule is CC1=[N+]=NC([O-])=C1NNc1ccc([N+](=O)[O-])cc1[O-]. The van der Waals surface area contributed by atoms with Crippen molar-refractivity contribution in [1.29, 1.82) is 0 Å². The van der Waals surface area contributed by atoms with Crippen molar-refractivity contribution in [2.45, 2.75) is 6.92 Å². The fourth-order valence-electron chi connectivity index (χ4n) is 1.38. The highest BCUT2D eigenvalue weighted by Crippen LogP contribution is 2.25. The first-order valence-electron chi connectivity index (χ1n) is 5.13. The summed E-state index contributed by atoms with van der Waals surface area (Å²) in [5, 5.41) is 36.6. The number of rotatable bonds is 4. The minimum atomic E-state index is -0.663. The van der Waals surface area contributed by atoms with Crippen molar-refractivity contribution < 1.29 is 19.9 Å². The number of hydrogen-bond acceptors (Lipinski definition) is 7. The van der Waals surface area contributed by atoms with E-state index in [9.17, 15) is 20.3 Å². The number of nitrogens with one attached hydrogen (secondary N) is 2. The topological polar surface area (TPSA) is 140 Å². The summed E-state index contributed by atoms with van der Waals surface area (Å²) in [6.45, 7) is 1.58. The first-order chi connectivity index (χ1) is 8.99. The molecular weight excluding hydrogens is 254 g/mol. The Balaban J connectivity index is 2.11. The largest absolute Gasteiger partial charge is 0.871 e. The van der Waals surface area contributed by atoms with Gasteiger partial charge >= 0.3 is 5.71 Å². The molecule has 0 aromatic heterocycles. The van der Waals surface area contributed by atoms with Crippen LogP contribution in [-0.4, -0.2) is 15.4 Å². The van der Waals surface area contributed by atoms with Crippen LogP contribution in [-0.2, 0) is 0 Å². The predicted molar refractivity (Wildman–Crippen MR) is 59.7 cm³/mol. The highest BCUT2D eigenvalue weighted by Gasteiger charge is 2.19. The zero-order valence-corrected chi connectivity index (χ0v) is 9.71. The number of nitro benzene ring substituents is 1. The summed E-state index contributed by atoms with van der Waals surface area (Å²) in [6, 6.07) is 3.31. The molecule has 98 valence electrons. The molecule has 9 heteroatoms. The second-order valence-corrected chi connectivity index (χ2v) is 3.65. The molecule has 1 aromatic rings. The number of anilines is 1. The van der Waals surface area contributed by atoms with Gasteiger partial charge in [0, 0.05) is 24.7 Å². The van der Waals surface area contributed by atoms with Crippen LogP contribution < -0.4 is 21.1 Å². The van der Waals surface area contributed by atoms with Crippen LogP contribution in [0.15, 0.2) is 34.9 Å². The molecule has 1 aliphatic heterocycles. The molecule has 19 heavy (non-hydrogen) atoms. The molecule has 1 heterocycles. The van der Waals surface area contributed by atoms with Crippen molar-refractivity contribution in [3.8, 4) is 5.75 Å². The third kappa shape index (κ3) is 2.45. The lowest BCUT2D eigenvalue weighted by Crippen LogP contribution is -2.28. The molecule has 9 nitrogen and oxygen atoms in total. The average Bonchev–Trinajstić information content (AvgIpc) is 2.68. The highest BCUT2D eigenvalue weighted by atomic mass is 16.6. The number of benzene rings is 1. The van der Waals surface area contributed by atoms with Crippen LogP contribution in [0.5, 0.6) is 5.75 Å². The van der Waals surface area contributed by atoms with Gasteiger partial charge in [0.15, 0.2) is 5.70 Å². The van der Waals surface area contributed by atoms with Gasteiger partial charge in [0.2, 0.25) is 0 Å². The summed E-state index contributed by atoms with van der Waals surface area (Å²) in [5.74, 6) is -1.13. The molecule has 1 aliphatic rings. The lowest BCUT2D eigenvalue weighted by atomic mass is 10.2. The van der Waals surface area contributed by atoms with E-state index in [0.717, 1.165) is 6.07 Å². The highest BCUT2D eigenvalue weighted by molar-refractivity contribution is 5.94. The van der Waals surface area contributed by atoms with Gasteiger partial charge in [-0.25, -0.2) is 0 Å². The maximum absolute atomic E-state index is 11.6. The van der Waals surface area contributed by atoms with Gasteiger partial charge in [-0.05, 0) is 6.07 Å². The average molecular weight is 262 g/mol. The Morgan fingerprint density at radius 1 is 1.32 bits per heavy atom. The van der Waals surface area contributed by atoms with Crippen LogP contribution in [0.25, 0.3) is 0 Å². The number of hydrazine groups is 1. The Morgan fingerprint density at radius 3 is 2.58 bits per heavy atom. The Kier molecular flexibility index (Phi) is 3.05. The smallest absolute Gasteiger partial charge is 0.364 e. The predicted octanol–water partition coefficient (Wildman–Crippen LogP) is -0.751. The lowest BCUT2D eigenvalue weighted by molar-refractivity contribution is -0.385. The quantitative estimate of drug-likeness (QED) is 0.415. The van der Waals surface area contributed by atoms with E-state index in [1.165, 1.54) is 12.1 Å². The Bertz CT molecular complexity index is 645. The summed E-state index contributed by atoms with van der Waals surface area (Å²) in [6.07, 6.45) is 0. The minimum Gasteiger partial charge on any atom is -0.871 e. The maximum atomic E-state index is 11.6. The van der Waals surface area contributed by atoms with Gasteiger partial charge in [-0.2, -0.15) is 0 Å². The molecule has 0 bridgehead atoms. The number of nitro groups is 1. The number of allylic oxidation sites excluding steroid dienone is 1. The second kappa shape index (κ2) is 4.67. The third-order valence-corrected chi connectivity index (χ3v) is 2.36. The number of nitrogens with zero attached hydrogens (tertiary/aromatic N) is 3. The van der Waals surface area contributed by atoms with Crippen LogP contribution in [0.1, 0.15) is 6.92 Å². The van der Waals surface area contributed by atoms with Crippen LogP contribution in [0.2, 0.25) is 0 Å². The van der Waals surface area contributed by atoms with Gasteiger partial charge in [0.25, 0.3) is 5.69 Å². The van der Waals surface area contributed by atoms with E-state index in [2.05, 4.69) is 20.8 Å². The second-order valence-electron chi connectivity index (χ2n) is 3.65. The summed E-state index contributed by atoms with van der Waals surface area (Å²) >= 11 is 0. The molecule has 2 rings (SSSR count). The molecule has 0 saturated heterocycles. The van der Waals surface area contributed by atoms with Gasteiger partial charge < -0.3 is 15.6 Å². The van der Waals surface area contributed by atoms with Crippen LogP contribution in [0, 0.1) is 10.1 Å². The third-order valence-electron chi connectivity index (χ3n) is 2.36. The molecule has 0 radical (unpaired) electrons. The molecule has 0 unspecified atom stereocenters. The van der Waals surface area contributed by atoms with Gasteiger partial charge in [-0.15, -0.1) is 0 Å². The fraction of sp³-hybridized carbons (Fsp3) is 0.100. The van der Waals surface area contributed by atoms with Gasteiger partial charge in [0.1, 0.15) is 11.0 Å². The fourth-order valence-corrected chi connectivity index (χ4v) is 1.38. The lowest BCUT2D eigenvalue weighted by Gasteiger charge is -2.16. The number of hydrogen-bond donors (Lipinski definition) is 2. The molecule has 0 aliphatic carbocycles. The summed E-state index contributed by atoms with van der Waals surface area (Å²) in [5.41, 5.74) is 5.29. The first-order valence-corrected chi connectivity index (χ1v) is 5.13. The van der Waals surface area contributed by atoms with Crippen LogP contribution in [0.3, 0.4) is 0 Å². The minimum absolute atomic E-state index is 0.0746. The molecule has 0 saturated carbocycles. The molecule has 2 N–H and O–H groups in total. The normalized spacial score (nSPS) is 13.4. The maximum Gasteiger partial charge on any atom is 0.364 e. The van der Waals surface area contributed by atoms with Crippen molar-refractivity contribution in [2.24, 2.45) is 5.11 Å². The molecule has 0 fully saturated rings. The molecule has 0 spiro atoms. The summed E-state index contributed by atoms with van der Waals surface area (Å²) in [7, 11) is 0. The monoisotopic (exact) mass is 262 g/mol. The van der Waals surface area contributed by atoms with Crippen molar-refractivity contribution in [2.75, 3.05) is 5.43 Å². The van der Waals surface area contributed by atoms with E-state index < -0.39 is 16.6 Å². The standard InChI is InChI=1S/C10H9N5O4/c1-5-9(10(17)14-11-5)13-12-7-3-2-6(15(18)19)4-8(7)16/h2-4H,1H3,(H3,11,12,13,14,16,17)/p-1. The molecule has 0 atom stereocenters. The van der Waals surface area contributed by atoms with E-state index in [0.29, 0.717) is 5.71 Å². The Hall–Kier alpha value is -3.06. The molecule has 0 amide bonds. The number of non-ortho nitro benzene ring substituents is 1. The summed E-state index contributed by atoms with van der Waals surface area (Å²) in [4.78, 5) is 13.4. The van der Waals surface area contributed by atoms with Crippen molar-refractivity contribution >= 4 is 17.1 Å². The van der Waals surface area contributed by atoms with E-state index in [1.807, 2.05) is 0 Å². The molecular formula is C10H8N5O4-. The van der Waals surface area contributed by atoms with Gasteiger partial charge in [-0.3, -0.25) is 15.5 Å². The van der Waals surface area contributed by atoms with E-state index >= 15 is 0 Å². The summed E-state index contributed by atoms with van der Waals surface area (Å²) < 4.78 is 0. The van der Waals surface area contributed by atoms with Gasteiger partial charge in [-0.1, -0.05) is 5.75 Å². The van der Waals surface area contributed by atoms with Crippen molar-refractivity contribution in [3.05, 3.63) is 39.9 Å². The van der Waals surface area contributed by atoms with E-state index in [-0.39, 0.29) is 17.1 Å². The zero-order chi connectivity index (χ0) is 14.0. The Labute approximate surface area is 106 Å². The molecule has 1 aromatic carbocycles. The van der Waals surface area contributed by atoms with Crippen LogP contribution >= 0.6 is 0 Å².